The van der Waals surface area contributed by atoms with E-state index in [0.29, 0.717) is 5.76 Å². The van der Waals surface area contributed by atoms with Crippen molar-refractivity contribution in [1.82, 2.24) is 14.8 Å². The van der Waals surface area contributed by atoms with Gasteiger partial charge in [0.05, 0.1) is 24.8 Å². The normalized spacial score (nSPS) is 11.1. The Morgan fingerprint density at radius 1 is 1.27 bits per heavy atom. The second-order valence-corrected chi connectivity index (χ2v) is 5.32. The Morgan fingerprint density at radius 3 is 3.00 bits per heavy atom. The number of hydrogen-bond acceptors (Lipinski definition) is 7. The summed E-state index contributed by atoms with van der Waals surface area (Å²) < 4.78 is 16.5. The van der Waals surface area contributed by atoms with Gasteiger partial charge in [-0.1, -0.05) is 0 Å². The second kappa shape index (κ2) is 5.15. The number of aromatic nitrogens is 3. The molecule has 0 unspecified atom stereocenters. The molecule has 4 heterocycles. The lowest BCUT2D eigenvalue weighted by molar-refractivity contribution is 0.476. The summed E-state index contributed by atoms with van der Waals surface area (Å²) in [4.78, 5) is 16.3. The first kappa shape index (κ1) is 12.8. The van der Waals surface area contributed by atoms with Crippen LogP contribution in [0.4, 0.5) is 0 Å². The van der Waals surface area contributed by atoms with Crippen molar-refractivity contribution < 1.29 is 13.3 Å². The number of furan rings is 2. The molecule has 0 aliphatic carbocycles. The van der Waals surface area contributed by atoms with Gasteiger partial charge in [0.15, 0.2) is 5.76 Å². The summed E-state index contributed by atoms with van der Waals surface area (Å²) in [5, 5.41) is 6.81. The van der Waals surface area contributed by atoms with Crippen molar-refractivity contribution >= 4 is 11.3 Å². The molecule has 4 aromatic rings. The maximum absolute atomic E-state index is 11.8. The molecule has 0 aliphatic heterocycles. The number of rotatable bonds is 4. The first-order valence-electron chi connectivity index (χ1n) is 6.38. The third kappa shape index (κ3) is 2.29. The van der Waals surface area contributed by atoms with Crippen molar-refractivity contribution in [2.45, 2.75) is 6.54 Å². The molecule has 0 atom stereocenters. The Balaban J connectivity index is 1.60. The van der Waals surface area contributed by atoms with E-state index in [9.17, 15) is 4.79 Å². The number of nitrogens with zero attached hydrogens (tertiary/aromatic N) is 3. The maximum atomic E-state index is 11.8. The summed E-state index contributed by atoms with van der Waals surface area (Å²) in [6, 6.07) is 5.21. The Labute approximate surface area is 127 Å². The average molecular weight is 315 g/mol. The molecule has 110 valence electrons. The molecular formula is C14H9N3O4S. The third-order valence-electron chi connectivity index (χ3n) is 2.97. The van der Waals surface area contributed by atoms with Crippen molar-refractivity contribution in [3.05, 3.63) is 58.6 Å². The Hall–Kier alpha value is -2.87. The first-order chi connectivity index (χ1) is 10.8. The van der Waals surface area contributed by atoms with E-state index in [1.807, 2.05) is 11.4 Å². The van der Waals surface area contributed by atoms with E-state index in [0.717, 1.165) is 16.3 Å². The van der Waals surface area contributed by atoms with E-state index in [-0.39, 0.29) is 12.4 Å². The molecule has 0 bridgehead atoms. The van der Waals surface area contributed by atoms with E-state index in [1.165, 1.54) is 22.3 Å². The van der Waals surface area contributed by atoms with E-state index >= 15 is 0 Å². The summed E-state index contributed by atoms with van der Waals surface area (Å²) in [6.07, 6.45) is 4.71. The molecule has 0 spiro atoms. The zero-order valence-corrected chi connectivity index (χ0v) is 11.9. The van der Waals surface area contributed by atoms with Crippen molar-refractivity contribution in [3.8, 4) is 22.2 Å². The molecule has 8 heteroatoms. The van der Waals surface area contributed by atoms with Crippen molar-refractivity contribution in [1.29, 1.82) is 0 Å². The molecule has 4 aromatic heterocycles. The van der Waals surface area contributed by atoms with Crippen LogP contribution in [0.25, 0.3) is 22.2 Å². The summed E-state index contributed by atoms with van der Waals surface area (Å²) in [7, 11) is 0. The van der Waals surface area contributed by atoms with Crippen LogP contribution in [0, 0.1) is 0 Å². The van der Waals surface area contributed by atoms with Gasteiger partial charge in [0.2, 0.25) is 0 Å². The van der Waals surface area contributed by atoms with E-state index in [2.05, 4.69) is 10.1 Å². The van der Waals surface area contributed by atoms with E-state index < -0.39 is 5.76 Å². The molecule has 0 amide bonds. The van der Waals surface area contributed by atoms with Gasteiger partial charge in [-0.25, -0.2) is 9.78 Å². The van der Waals surface area contributed by atoms with Crippen LogP contribution in [0.3, 0.4) is 0 Å². The number of thiazole rings is 1. The lowest BCUT2D eigenvalue weighted by Crippen LogP contribution is -2.16. The van der Waals surface area contributed by atoms with Gasteiger partial charge in [0.1, 0.15) is 11.3 Å². The molecule has 0 N–H and O–H groups in total. The van der Waals surface area contributed by atoms with Gasteiger partial charge in [-0.05, 0) is 18.2 Å². The lowest BCUT2D eigenvalue weighted by atomic mass is 10.3. The molecular weight excluding hydrogens is 306 g/mol. The molecule has 0 radical (unpaired) electrons. The van der Waals surface area contributed by atoms with Crippen LogP contribution >= 0.6 is 11.3 Å². The predicted octanol–water partition coefficient (Wildman–Crippen LogP) is 2.86. The Bertz CT molecular complexity index is 931. The van der Waals surface area contributed by atoms with Gasteiger partial charge in [0, 0.05) is 10.9 Å². The Kier molecular flexibility index (Phi) is 3.01. The molecule has 22 heavy (non-hydrogen) atoms. The highest BCUT2D eigenvalue weighted by molar-refractivity contribution is 7.13. The summed E-state index contributed by atoms with van der Waals surface area (Å²) in [6.45, 7) is 0.234. The quantitative estimate of drug-likeness (QED) is 0.575. The van der Waals surface area contributed by atoms with Gasteiger partial charge < -0.3 is 13.3 Å². The lowest BCUT2D eigenvalue weighted by Gasteiger charge is -1.93. The van der Waals surface area contributed by atoms with Gasteiger partial charge in [-0.2, -0.15) is 4.68 Å². The monoisotopic (exact) mass is 315 g/mol. The molecule has 0 aliphatic rings. The minimum absolute atomic E-state index is 0.153. The smallest absolute Gasteiger partial charge is 0.437 e. The van der Waals surface area contributed by atoms with Gasteiger partial charge in [-0.15, -0.1) is 16.4 Å². The third-order valence-corrected chi connectivity index (χ3v) is 3.91. The minimum Gasteiger partial charge on any atom is -0.472 e. The molecule has 0 saturated carbocycles. The van der Waals surface area contributed by atoms with Gasteiger partial charge in [0.25, 0.3) is 5.89 Å². The molecule has 0 fully saturated rings. The van der Waals surface area contributed by atoms with E-state index in [4.69, 9.17) is 13.3 Å². The molecule has 0 aromatic carbocycles. The largest absolute Gasteiger partial charge is 0.472 e. The Morgan fingerprint density at radius 2 is 2.23 bits per heavy atom. The molecule has 7 nitrogen and oxygen atoms in total. The SMILES string of the molecule is O=c1oc(-c2ccco2)nn1Cc1csc(-c2ccoc2)n1. The van der Waals surface area contributed by atoms with Gasteiger partial charge >= 0.3 is 5.76 Å². The summed E-state index contributed by atoms with van der Waals surface area (Å²) in [5.41, 5.74) is 1.63. The highest BCUT2D eigenvalue weighted by Crippen LogP contribution is 2.24. The average Bonchev–Trinajstić information content (AvgIpc) is 3.28. The van der Waals surface area contributed by atoms with Crippen molar-refractivity contribution in [3.63, 3.8) is 0 Å². The first-order valence-corrected chi connectivity index (χ1v) is 7.26. The highest BCUT2D eigenvalue weighted by atomic mass is 32.1. The van der Waals surface area contributed by atoms with Crippen LogP contribution in [0.1, 0.15) is 5.69 Å². The zero-order chi connectivity index (χ0) is 14.9. The second-order valence-electron chi connectivity index (χ2n) is 4.46. The molecule has 4 rings (SSSR count). The fraction of sp³-hybridized carbons (Fsp3) is 0.0714. The standard InChI is InChI=1S/C14H9N3O4S/c18-14-17(16-12(21-14)11-2-1-4-20-11)6-10-8-22-13(15-10)9-3-5-19-7-9/h1-5,7-8H,6H2. The fourth-order valence-electron chi connectivity index (χ4n) is 1.96. The predicted molar refractivity (Wildman–Crippen MR) is 77.4 cm³/mol. The van der Waals surface area contributed by atoms with Crippen LogP contribution in [0.15, 0.2) is 60.4 Å². The van der Waals surface area contributed by atoms with Crippen LogP contribution in [-0.2, 0) is 6.54 Å². The molecule has 0 saturated heterocycles. The van der Waals surface area contributed by atoms with Crippen LogP contribution in [-0.4, -0.2) is 14.8 Å². The van der Waals surface area contributed by atoms with Crippen molar-refractivity contribution in [2.24, 2.45) is 0 Å². The topological polar surface area (TPSA) is 87.2 Å². The highest BCUT2D eigenvalue weighted by Gasteiger charge is 2.14. The van der Waals surface area contributed by atoms with Gasteiger partial charge in [-0.3, -0.25) is 0 Å². The fourth-order valence-corrected chi connectivity index (χ4v) is 2.75. The number of hydrogen-bond donors (Lipinski definition) is 0. The maximum Gasteiger partial charge on any atom is 0.437 e. The van der Waals surface area contributed by atoms with Crippen LogP contribution in [0.5, 0.6) is 0 Å². The minimum atomic E-state index is -0.552. The van der Waals surface area contributed by atoms with Crippen molar-refractivity contribution in [2.75, 3.05) is 0 Å². The summed E-state index contributed by atoms with van der Waals surface area (Å²) in [5.74, 6) is 0.0118. The zero-order valence-electron chi connectivity index (χ0n) is 11.1. The summed E-state index contributed by atoms with van der Waals surface area (Å²) >= 11 is 1.47. The van der Waals surface area contributed by atoms with Crippen LogP contribution < -0.4 is 5.76 Å². The van der Waals surface area contributed by atoms with Crippen LogP contribution in [0.2, 0.25) is 0 Å². The van der Waals surface area contributed by atoms with E-state index in [1.54, 1.807) is 24.7 Å².